The summed E-state index contributed by atoms with van der Waals surface area (Å²) in [6, 6.07) is 15.7. The van der Waals surface area contributed by atoms with Gasteiger partial charge >= 0.3 is 0 Å². The zero-order valence-electron chi connectivity index (χ0n) is 16.5. The number of benzene rings is 2. The SMILES string of the molecule is Cc1ccc(Oc2ccc(-c3cn(C(C)C)c4ncnc(N)c34)cc2)c(C#N)c1. The standard InChI is InChI=1S/C23H21N5O/c1-14(2)28-12-19(21-22(25)26-13-27-23(21)28)16-5-7-18(8-6-16)29-20-9-4-15(3)10-17(20)11-24/h4-10,12-14H,1-3H3,(H2,25,26,27). The molecular formula is C23H21N5O. The van der Waals surface area contributed by atoms with Crippen LogP contribution in [0.4, 0.5) is 5.82 Å². The summed E-state index contributed by atoms with van der Waals surface area (Å²) in [5, 5.41) is 10.2. The second kappa shape index (κ2) is 7.28. The summed E-state index contributed by atoms with van der Waals surface area (Å²) in [6.07, 6.45) is 3.55. The average molecular weight is 383 g/mol. The Morgan fingerprint density at radius 2 is 1.86 bits per heavy atom. The number of nitrogens with zero attached hydrogens (tertiary/aromatic N) is 4. The normalized spacial score (nSPS) is 11.0. The number of ether oxygens (including phenoxy) is 1. The fraction of sp³-hybridized carbons (Fsp3) is 0.174. The van der Waals surface area contributed by atoms with Crippen LogP contribution < -0.4 is 10.5 Å². The lowest BCUT2D eigenvalue weighted by Gasteiger charge is -2.09. The molecule has 2 N–H and O–H groups in total. The first kappa shape index (κ1) is 18.5. The van der Waals surface area contributed by atoms with Gasteiger partial charge in [0.05, 0.1) is 10.9 Å². The van der Waals surface area contributed by atoms with Crippen LogP contribution in [0.25, 0.3) is 22.2 Å². The number of hydrogen-bond donors (Lipinski definition) is 1. The minimum Gasteiger partial charge on any atom is -0.456 e. The molecule has 4 rings (SSSR count). The van der Waals surface area contributed by atoms with Crippen molar-refractivity contribution < 1.29 is 4.74 Å². The van der Waals surface area contributed by atoms with Gasteiger partial charge in [-0.1, -0.05) is 18.2 Å². The fourth-order valence-electron chi connectivity index (χ4n) is 3.37. The van der Waals surface area contributed by atoms with E-state index in [-0.39, 0.29) is 6.04 Å². The lowest BCUT2D eigenvalue weighted by Crippen LogP contribution is -2.00. The van der Waals surface area contributed by atoms with E-state index < -0.39 is 0 Å². The summed E-state index contributed by atoms with van der Waals surface area (Å²) >= 11 is 0. The summed E-state index contributed by atoms with van der Waals surface area (Å²) in [6.45, 7) is 6.15. The van der Waals surface area contributed by atoms with Crippen LogP contribution in [0.2, 0.25) is 0 Å². The highest BCUT2D eigenvalue weighted by Crippen LogP contribution is 2.35. The predicted molar refractivity (Wildman–Crippen MR) is 114 cm³/mol. The maximum atomic E-state index is 9.33. The number of aromatic nitrogens is 3. The van der Waals surface area contributed by atoms with Gasteiger partial charge in [-0.2, -0.15) is 5.26 Å². The number of anilines is 1. The highest BCUT2D eigenvalue weighted by molar-refractivity contribution is 6.00. The average Bonchev–Trinajstić information content (AvgIpc) is 3.11. The molecule has 2 aromatic heterocycles. The molecule has 0 spiro atoms. The number of nitrogens with two attached hydrogens (primary N) is 1. The predicted octanol–water partition coefficient (Wildman–Crippen LogP) is 5.23. The smallest absolute Gasteiger partial charge is 0.146 e. The maximum Gasteiger partial charge on any atom is 0.146 e. The van der Waals surface area contributed by atoms with Gasteiger partial charge in [-0.05, 0) is 56.2 Å². The van der Waals surface area contributed by atoms with E-state index in [9.17, 15) is 5.26 Å². The van der Waals surface area contributed by atoms with Crippen LogP contribution in [-0.4, -0.2) is 14.5 Å². The third-order valence-corrected chi connectivity index (χ3v) is 4.84. The summed E-state index contributed by atoms with van der Waals surface area (Å²) in [7, 11) is 0. The molecule has 0 fully saturated rings. The van der Waals surface area contributed by atoms with Crippen molar-refractivity contribution in [1.82, 2.24) is 14.5 Å². The van der Waals surface area contributed by atoms with Crippen molar-refractivity contribution in [2.24, 2.45) is 0 Å². The van der Waals surface area contributed by atoms with E-state index in [0.29, 0.717) is 22.9 Å². The first-order chi connectivity index (χ1) is 14.0. The molecule has 0 amide bonds. The topological polar surface area (TPSA) is 89.8 Å². The van der Waals surface area contributed by atoms with E-state index >= 15 is 0 Å². The molecular weight excluding hydrogens is 362 g/mol. The van der Waals surface area contributed by atoms with Crippen molar-refractivity contribution in [2.45, 2.75) is 26.8 Å². The lowest BCUT2D eigenvalue weighted by atomic mass is 10.1. The maximum absolute atomic E-state index is 9.33. The van der Waals surface area contributed by atoms with E-state index in [2.05, 4.69) is 40.6 Å². The Bertz CT molecular complexity index is 1230. The molecule has 2 heterocycles. The van der Waals surface area contributed by atoms with Crippen LogP contribution in [-0.2, 0) is 0 Å². The Morgan fingerprint density at radius 1 is 1.10 bits per heavy atom. The molecule has 144 valence electrons. The molecule has 0 bridgehead atoms. The van der Waals surface area contributed by atoms with Crippen molar-refractivity contribution in [2.75, 3.05) is 5.73 Å². The summed E-state index contributed by atoms with van der Waals surface area (Å²) in [4.78, 5) is 8.59. The van der Waals surface area contributed by atoms with Crippen molar-refractivity contribution >= 4 is 16.9 Å². The molecule has 6 heteroatoms. The van der Waals surface area contributed by atoms with Crippen molar-refractivity contribution in [3.05, 3.63) is 66.1 Å². The molecule has 0 radical (unpaired) electrons. The third-order valence-electron chi connectivity index (χ3n) is 4.84. The van der Waals surface area contributed by atoms with Crippen molar-refractivity contribution in [3.63, 3.8) is 0 Å². The molecule has 0 unspecified atom stereocenters. The fourth-order valence-corrected chi connectivity index (χ4v) is 3.37. The monoisotopic (exact) mass is 383 g/mol. The zero-order chi connectivity index (χ0) is 20.5. The van der Waals surface area contributed by atoms with Gasteiger partial charge in [0.15, 0.2) is 0 Å². The van der Waals surface area contributed by atoms with Gasteiger partial charge in [-0.3, -0.25) is 0 Å². The second-order valence-electron chi connectivity index (χ2n) is 7.24. The van der Waals surface area contributed by atoms with Crippen LogP contribution in [0.3, 0.4) is 0 Å². The van der Waals surface area contributed by atoms with Crippen LogP contribution in [0.15, 0.2) is 55.0 Å². The Balaban J connectivity index is 1.72. The number of nitriles is 1. The number of aryl methyl sites for hydroxylation is 1. The number of fused-ring (bicyclic) bond motifs is 1. The molecule has 2 aromatic carbocycles. The second-order valence-corrected chi connectivity index (χ2v) is 7.24. The molecule has 4 aromatic rings. The van der Waals surface area contributed by atoms with Crippen LogP contribution in [0.5, 0.6) is 11.5 Å². The van der Waals surface area contributed by atoms with E-state index in [1.54, 1.807) is 0 Å². The number of nitrogen functional groups attached to an aromatic ring is 1. The highest BCUT2D eigenvalue weighted by atomic mass is 16.5. The van der Waals surface area contributed by atoms with Crippen molar-refractivity contribution in [1.29, 1.82) is 5.26 Å². The Labute approximate surface area is 169 Å². The number of rotatable bonds is 4. The van der Waals surface area contributed by atoms with Gasteiger partial charge in [0.2, 0.25) is 0 Å². The van der Waals surface area contributed by atoms with Gasteiger partial charge in [0.1, 0.15) is 35.4 Å². The molecule has 29 heavy (non-hydrogen) atoms. The minimum atomic E-state index is 0.245. The summed E-state index contributed by atoms with van der Waals surface area (Å²) in [5.41, 5.74) is 10.5. The quantitative estimate of drug-likeness (QED) is 0.521. The largest absolute Gasteiger partial charge is 0.456 e. The molecule has 0 atom stereocenters. The molecule has 6 nitrogen and oxygen atoms in total. The van der Waals surface area contributed by atoms with E-state index in [1.807, 2.05) is 49.4 Å². The zero-order valence-corrected chi connectivity index (χ0v) is 16.5. The van der Waals surface area contributed by atoms with Crippen LogP contribution >= 0.6 is 0 Å². The molecule has 0 aliphatic heterocycles. The van der Waals surface area contributed by atoms with Gasteiger partial charge in [0.25, 0.3) is 0 Å². The Hall–Kier alpha value is -3.85. The lowest BCUT2D eigenvalue weighted by molar-refractivity contribution is 0.481. The highest BCUT2D eigenvalue weighted by Gasteiger charge is 2.16. The van der Waals surface area contributed by atoms with Gasteiger partial charge < -0.3 is 15.0 Å². The van der Waals surface area contributed by atoms with Gasteiger partial charge in [-0.25, -0.2) is 9.97 Å². The summed E-state index contributed by atoms with van der Waals surface area (Å²) < 4.78 is 8.02. The first-order valence-corrected chi connectivity index (χ1v) is 9.38. The molecule has 0 saturated carbocycles. The molecule has 0 aliphatic carbocycles. The van der Waals surface area contributed by atoms with E-state index in [0.717, 1.165) is 27.7 Å². The Kier molecular flexibility index (Phi) is 4.65. The van der Waals surface area contributed by atoms with Crippen LogP contribution in [0.1, 0.15) is 31.0 Å². The van der Waals surface area contributed by atoms with Gasteiger partial charge in [0, 0.05) is 17.8 Å². The first-order valence-electron chi connectivity index (χ1n) is 9.38. The minimum absolute atomic E-state index is 0.245. The van der Waals surface area contributed by atoms with Crippen LogP contribution in [0, 0.1) is 18.3 Å². The molecule has 0 saturated heterocycles. The van der Waals surface area contributed by atoms with E-state index in [4.69, 9.17) is 10.5 Å². The summed E-state index contributed by atoms with van der Waals surface area (Å²) in [5.74, 6) is 1.66. The van der Waals surface area contributed by atoms with Gasteiger partial charge in [-0.15, -0.1) is 0 Å². The van der Waals surface area contributed by atoms with E-state index in [1.165, 1.54) is 6.33 Å². The van der Waals surface area contributed by atoms with Crippen molar-refractivity contribution in [3.8, 4) is 28.7 Å². The number of hydrogen-bond acceptors (Lipinski definition) is 5. The third kappa shape index (κ3) is 3.39. The Morgan fingerprint density at radius 3 is 2.55 bits per heavy atom. The molecule has 0 aliphatic rings.